The van der Waals surface area contributed by atoms with Crippen LogP contribution in [0.1, 0.15) is 70.9 Å². The van der Waals surface area contributed by atoms with Crippen LogP contribution in [0.2, 0.25) is 0 Å². The lowest BCUT2D eigenvalue weighted by Crippen LogP contribution is -2.44. The van der Waals surface area contributed by atoms with Crippen LogP contribution in [-0.2, 0) is 11.3 Å². The first kappa shape index (κ1) is 16.5. The van der Waals surface area contributed by atoms with Gasteiger partial charge in [0.25, 0.3) is 0 Å². The summed E-state index contributed by atoms with van der Waals surface area (Å²) in [6.45, 7) is 9.31. The van der Waals surface area contributed by atoms with Crippen LogP contribution < -0.4 is 5.32 Å². The van der Waals surface area contributed by atoms with Gasteiger partial charge in [-0.1, -0.05) is 26.7 Å². The third-order valence-electron chi connectivity index (χ3n) is 4.45. The van der Waals surface area contributed by atoms with Gasteiger partial charge in [-0.2, -0.15) is 5.10 Å². The molecule has 0 amide bonds. The third-order valence-corrected chi connectivity index (χ3v) is 4.45. The highest BCUT2D eigenvalue weighted by molar-refractivity contribution is 5.17. The Morgan fingerprint density at radius 1 is 1.29 bits per heavy atom. The van der Waals surface area contributed by atoms with E-state index < -0.39 is 0 Å². The third kappa shape index (κ3) is 3.86. The highest BCUT2D eigenvalue weighted by Gasteiger charge is 2.43. The van der Waals surface area contributed by atoms with Crippen LogP contribution in [0.4, 0.5) is 0 Å². The summed E-state index contributed by atoms with van der Waals surface area (Å²) < 4.78 is 8.33. The summed E-state index contributed by atoms with van der Waals surface area (Å²) in [5.74, 6) is 0. The molecule has 1 saturated carbocycles. The summed E-state index contributed by atoms with van der Waals surface area (Å²) in [4.78, 5) is 0. The Labute approximate surface area is 129 Å². The highest BCUT2D eigenvalue weighted by atomic mass is 16.5. The molecule has 1 atom stereocenters. The van der Waals surface area contributed by atoms with Crippen LogP contribution in [0.5, 0.6) is 0 Å². The van der Waals surface area contributed by atoms with Crippen LogP contribution in [0.25, 0.3) is 0 Å². The second-order valence-electron chi connectivity index (χ2n) is 6.13. The standard InChI is InChI=1S/C17H31N3O/c1-4-11-18-16(15-13-19-20(14-15)12-5-2)17(21-6-3)9-7-8-10-17/h13-14,16,18H,4-12H2,1-3H3. The van der Waals surface area contributed by atoms with Crippen molar-refractivity contribution in [2.24, 2.45) is 0 Å². The molecule has 1 aromatic heterocycles. The molecule has 1 fully saturated rings. The summed E-state index contributed by atoms with van der Waals surface area (Å²) in [5, 5.41) is 8.25. The number of rotatable bonds is 9. The molecule has 4 heteroatoms. The first-order chi connectivity index (χ1) is 10.3. The molecule has 4 nitrogen and oxygen atoms in total. The largest absolute Gasteiger partial charge is 0.373 e. The van der Waals surface area contributed by atoms with Gasteiger partial charge in [-0.05, 0) is 39.2 Å². The zero-order chi connectivity index (χ0) is 15.1. The molecule has 1 unspecified atom stereocenters. The fourth-order valence-electron chi connectivity index (χ4n) is 3.55. The van der Waals surface area contributed by atoms with Crippen LogP contribution in [0.3, 0.4) is 0 Å². The molecule has 0 saturated heterocycles. The van der Waals surface area contributed by atoms with Crippen molar-refractivity contribution in [3.8, 4) is 0 Å². The Bertz CT molecular complexity index is 410. The molecule has 21 heavy (non-hydrogen) atoms. The van der Waals surface area contributed by atoms with Gasteiger partial charge in [-0.15, -0.1) is 0 Å². The molecule has 0 radical (unpaired) electrons. The van der Waals surface area contributed by atoms with Gasteiger partial charge >= 0.3 is 0 Å². The predicted molar refractivity (Wildman–Crippen MR) is 86.4 cm³/mol. The van der Waals surface area contributed by atoms with E-state index in [2.05, 4.69) is 42.1 Å². The first-order valence-corrected chi connectivity index (χ1v) is 8.65. The normalized spacial score (nSPS) is 19.0. The molecule has 1 aliphatic rings. The number of ether oxygens (including phenoxy) is 1. The lowest BCUT2D eigenvalue weighted by Gasteiger charge is -2.37. The zero-order valence-corrected chi connectivity index (χ0v) is 13.9. The number of hydrogen-bond acceptors (Lipinski definition) is 3. The van der Waals surface area contributed by atoms with E-state index >= 15 is 0 Å². The summed E-state index contributed by atoms with van der Waals surface area (Å²) in [6.07, 6.45) is 11.3. The van der Waals surface area contributed by atoms with E-state index in [1.54, 1.807) is 0 Å². The Hall–Kier alpha value is -0.870. The van der Waals surface area contributed by atoms with Gasteiger partial charge in [-0.25, -0.2) is 0 Å². The molecule has 0 aliphatic heterocycles. The molecule has 1 heterocycles. The fraction of sp³-hybridized carbons (Fsp3) is 0.824. The molecule has 1 aromatic rings. The average molecular weight is 293 g/mol. The lowest BCUT2D eigenvalue weighted by molar-refractivity contribution is -0.0626. The molecular formula is C17H31N3O. The number of aromatic nitrogens is 2. The van der Waals surface area contributed by atoms with E-state index in [0.29, 0.717) is 0 Å². The van der Waals surface area contributed by atoms with E-state index in [9.17, 15) is 0 Å². The van der Waals surface area contributed by atoms with Crippen molar-refractivity contribution in [1.82, 2.24) is 15.1 Å². The summed E-state index contributed by atoms with van der Waals surface area (Å²) in [6, 6.07) is 0.269. The van der Waals surface area contributed by atoms with E-state index in [4.69, 9.17) is 4.74 Å². The molecule has 1 N–H and O–H groups in total. The van der Waals surface area contributed by atoms with E-state index in [1.165, 1.54) is 18.4 Å². The van der Waals surface area contributed by atoms with Gasteiger partial charge in [0, 0.05) is 24.9 Å². The van der Waals surface area contributed by atoms with Crippen LogP contribution in [-0.4, -0.2) is 28.5 Å². The van der Waals surface area contributed by atoms with Crippen LogP contribution in [0, 0.1) is 0 Å². The van der Waals surface area contributed by atoms with Crippen molar-refractivity contribution in [2.45, 2.75) is 77.5 Å². The Kier molecular flexibility index (Phi) is 6.24. The van der Waals surface area contributed by atoms with Gasteiger partial charge in [0.15, 0.2) is 0 Å². The van der Waals surface area contributed by atoms with Crippen molar-refractivity contribution < 1.29 is 4.74 Å². The zero-order valence-electron chi connectivity index (χ0n) is 13.9. The smallest absolute Gasteiger partial charge is 0.0877 e. The minimum atomic E-state index is -0.0377. The lowest BCUT2D eigenvalue weighted by atomic mass is 9.88. The van der Waals surface area contributed by atoms with Crippen molar-refractivity contribution in [3.05, 3.63) is 18.0 Å². The van der Waals surface area contributed by atoms with Gasteiger partial charge < -0.3 is 10.1 Å². The molecule has 0 bridgehead atoms. The highest BCUT2D eigenvalue weighted by Crippen LogP contribution is 2.43. The minimum Gasteiger partial charge on any atom is -0.373 e. The van der Waals surface area contributed by atoms with Crippen molar-refractivity contribution in [1.29, 1.82) is 0 Å². The van der Waals surface area contributed by atoms with Gasteiger partial charge in [0.2, 0.25) is 0 Å². The SMILES string of the molecule is CCCNC(c1cnn(CCC)c1)C1(OCC)CCCC1. The maximum atomic E-state index is 6.27. The second kappa shape index (κ2) is 7.95. The first-order valence-electron chi connectivity index (χ1n) is 8.65. The molecule has 2 rings (SSSR count). The number of nitrogens with one attached hydrogen (secondary N) is 1. The van der Waals surface area contributed by atoms with E-state index in [1.807, 2.05) is 6.20 Å². The summed E-state index contributed by atoms with van der Waals surface area (Å²) in [7, 11) is 0. The van der Waals surface area contributed by atoms with Crippen LogP contribution >= 0.6 is 0 Å². The molecule has 1 aliphatic carbocycles. The van der Waals surface area contributed by atoms with Crippen molar-refractivity contribution >= 4 is 0 Å². The van der Waals surface area contributed by atoms with Crippen LogP contribution in [0.15, 0.2) is 12.4 Å². The average Bonchev–Trinajstić information content (AvgIpc) is 3.11. The number of nitrogens with zero attached hydrogens (tertiary/aromatic N) is 2. The Morgan fingerprint density at radius 2 is 2.05 bits per heavy atom. The van der Waals surface area contributed by atoms with E-state index in [0.717, 1.165) is 45.4 Å². The molecule has 120 valence electrons. The number of hydrogen-bond donors (Lipinski definition) is 1. The van der Waals surface area contributed by atoms with Crippen molar-refractivity contribution in [2.75, 3.05) is 13.2 Å². The molecule has 0 aromatic carbocycles. The maximum Gasteiger partial charge on any atom is 0.0877 e. The quantitative estimate of drug-likeness (QED) is 0.755. The van der Waals surface area contributed by atoms with Gasteiger partial charge in [-0.3, -0.25) is 4.68 Å². The monoisotopic (exact) mass is 293 g/mol. The molecule has 0 spiro atoms. The maximum absolute atomic E-state index is 6.27. The topological polar surface area (TPSA) is 39.1 Å². The van der Waals surface area contributed by atoms with Gasteiger partial charge in [0.1, 0.15) is 0 Å². The second-order valence-corrected chi connectivity index (χ2v) is 6.13. The minimum absolute atomic E-state index is 0.0377. The molecular weight excluding hydrogens is 262 g/mol. The van der Waals surface area contributed by atoms with Crippen molar-refractivity contribution in [3.63, 3.8) is 0 Å². The predicted octanol–water partition coefficient (Wildman–Crippen LogP) is 3.68. The van der Waals surface area contributed by atoms with Gasteiger partial charge in [0.05, 0.1) is 17.8 Å². The Morgan fingerprint density at radius 3 is 2.67 bits per heavy atom. The summed E-state index contributed by atoms with van der Waals surface area (Å²) in [5.41, 5.74) is 1.25. The van der Waals surface area contributed by atoms with E-state index in [-0.39, 0.29) is 11.6 Å². The summed E-state index contributed by atoms with van der Waals surface area (Å²) >= 11 is 0. The number of aryl methyl sites for hydroxylation is 1. The fourth-order valence-corrected chi connectivity index (χ4v) is 3.55. The Balaban J connectivity index is 2.22.